The summed E-state index contributed by atoms with van der Waals surface area (Å²) in [7, 11) is -9.00. The lowest BCUT2D eigenvalue weighted by molar-refractivity contribution is 0.0944. The van der Waals surface area contributed by atoms with Crippen molar-refractivity contribution in [1.82, 2.24) is 10.6 Å². The van der Waals surface area contributed by atoms with E-state index in [0.717, 1.165) is 12.1 Å². The van der Waals surface area contributed by atoms with Crippen LogP contribution < -0.4 is 21.3 Å². The van der Waals surface area contributed by atoms with E-state index in [0.29, 0.717) is 44.6 Å². The van der Waals surface area contributed by atoms with Gasteiger partial charge in [0.05, 0.1) is 9.79 Å². The largest absolute Gasteiger partial charge is 0.507 e. The smallest absolute Gasteiger partial charge is 0.328 e. The first-order chi connectivity index (χ1) is 25.4. The highest BCUT2D eigenvalue weighted by Gasteiger charge is 2.19. The van der Waals surface area contributed by atoms with Crippen molar-refractivity contribution in [2.45, 2.75) is 23.6 Å². The molecule has 0 aliphatic heterocycles. The van der Waals surface area contributed by atoms with Crippen LogP contribution in [0.3, 0.4) is 0 Å². The van der Waals surface area contributed by atoms with Gasteiger partial charge in [-0.2, -0.15) is 16.8 Å². The molecule has 0 radical (unpaired) electrons. The van der Waals surface area contributed by atoms with Gasteiger partial charge in [0.2, 0.25) is 0 Å². The molecule has 0 bridgehead atoms. The zero-order chi connectivity index (χ0) is 39.1. The van der Waals surface area contributed by atoms with Crippen LogP contribution in [0.5, 0.6) is 11.5 Å². The number of hydrogen-bond donors (Lipinski definition) is 8. The fourth-order valence-electron chi connectivity index (χ4n) is 5.84. The molecule has 0 spiro atoms. The van der Waals surface area contributed by atoms with Gasteiger partial charge in [0.25, 0.3) is 32.1 Å². The molecule has 276 valence electrons. The fraction of sp³-hybridized carbons (Fsp3) is 0.0541. The number of phenolic OH excluding ortho intramolecular Hbond substituents is 2. The van der Waals surface area contributed by atoms with E-state index in [1.54, 1.807) is 50.2 Å². The number of phenols is 2. The lowest BCUT2D eigenvalue weighted by Crippen LogP contribution is -2.42. The first kappa shape index (κ1) is 37.2. The summed E-state index contributed by atoms with van der Waals surface area (Å²) in [5.41, 5.74) is 3.23. The van der Waals surface area contributed by atoms with Crippen LogP contribution in [0.25, 0.3) is 21.5 Å². The second-order valence-electron chi connectivity index (χ2n) is 12.2. The zero-order valence-corrected chi connectivity index (χ0v) is 29.8. The molecule has 0 saturated carbocycles. The van der Waals surface area contributed by atoms with Crippen LogP contribution >= 0.6 is 0 Å². The molecule has 0 aliphatic carbocycles. The molecule has 0 unspecified atom stereocenters. The lowest BCUT2D eigenvalue weighted by Gasteiger charge is -2.14. The summed E-state index contributed by atoms with van der Waals surface area (Å²) >= 11 is 0. The number of aromatic hydroxyl groups is 2. The SMILES string of the molecule is Cc1cc(Nc2ccc(O)c3cc(S(=O)(=O)O)ccc23)ccc1C(=O)NC(=O)NC(=O)c1ccc(Nc2ccc(O)c3cc(S(=O)(=O)O)ccc23)cc1C. The Kier molecular flexibility index (Phi) is 9.74. The summed E-state index contributed by atoms with van der Waals surface area (Å²) in [6.07, 6.45) is 0. The highest BCUT2D eigenvalue weighted by Crippen LogP contribution is 2.36. The Bertz CT molecular complexity index is 2600. The van der Waals surface area contributed by atoms with Crippen LogP contribution in [-0.2, 0) is 20.2 Å². The molecule has 15 nitrogen and oxygen atoms in total. The molecule has 6 aromatic carbocycles. The highest BCUT2D eigenvalue weighted by molar-refractivity contribution is 7.86. The summed E-state index contributed by atoms with van der Waals surface area (Å²) < 4.78 is 65.1. The number of amides is 4. The van der Waals surface area contributed by atoms with Crippen LogP contribution in [0.1, 0.15) is 31.8 Å². The standard InChI is InChI=1S/C37H30N4O11S2/c1-19-15-21(38-31-11-13-33(42)29-17-23(53(47,48)49)5-9-27(29)31)3-7-25(19)35(44)40-37(46)41-36(45)26-8-4-22(16-20(26)2)39-32-12-14-34(43)30-18-24(54(50,51)52)6-10-28(30)32/h3-18,38-39,42-43H,1-2H3,(H,47,48,49)(H,50,51,52)(H2,40,41,44,45,46). The minimum absolute atomic E-state index is 0.138. The monoisotopic (exact) mass is 770 g/mol. The third kappa shape index (κ3) is 7.79. The zero-order valence-electron chi connectivity index (χ0n) is 28.2. The Balaban J connectivity index is 1.11. The molecule has 6 rings (SSSR count). The fourth-order valence-corrected chi connectivity index (χ4v) is 6.85. The van der Waals surface area contributed by atoms with Crippen molar-refractivity contribution in [3.63, 3.8) is 0 Å². The molecule has 54 heavy (non-hydrogen) atoms. The van der Waals surface area contributed by atoms with Crippen molar-refractivity contribution in [1.29, 1.82) is 0 Å². The van der Waals surface area contributed by atoms with Gasteiger partial charge in [-0.25, -0.2) is 4.79 Å². The van der Waals surface area contributed by atoms with Crippen LogP contribution in [0, 0.1) is 13.8 Å². The normalized spacial score (nSPS) is 11.6. The average Bonchev–Trinajstić information content (AvgIpc) is 3.09. The molecule has 0 aromatic heterocycles. The Morgan fingerprint density at radius 1 is 0.500 bits per heavy atom. The van der Waals surface area contributed by atoms with E-state index >= 15 is 0 Å². The summed E-state index contributed by atoms with van der Waals surface area (Å²) in [6, 6.07) is 21.6. The molecule has 6 aromatic rings. The minimum Gasteiger partial charge on any atom is -0.507 e. The molecular formula is C37H30N4O11S2. The van der Waals surface area contributed by atoms with E-state index in [1.165, 1.54) is 48.5 Å². The molecule has 0 atom stereocenters. The van der Waals surface area contributed by atoms with Crippen LogP contribution in [0.15, 0.2) is 107 Å². The topological polar surface area (TPSA) is 249 Å². The van der Waals surface area contributed by atoms with E-state index in [4.69, 9.17) is 0 Å². The summed E-state index contributed by atoms with van der Waals surface area (Å²) in [4.78, 5) is 37.9. The van der Waals surface area contributed by atoms with Gasteiger partial charge in [0, 0.05) is 55.4 Å². The summed E-state index contributed by atoms with van der Waals surface area (Å²) in [6.45, 7) is 3.26. The Labute approximate surface area is 307 Å². The number of aryl methyl sites for hydroxylation is 2. The van der Waals surface area contributed by atoms with Crippen molar-refractivity contribution in [2.24, 2.45) is 0 Å². The van der Waals surface area contributed by atoms with Gasteiger partial charge >= 0.3 is 6.03 Å². The first-order valence-electron chi connectivity index (χ1n) is 15.8. The molecule has 17 heteroatoms. The second kappa shape index (κ2) is 14.1. The number of urea groups is 1. The van der Waals surface area contributed by atoms with Gasteiger partial charge in [-0.15, -0.1) is 0 Å². The van der Waals surface area contributed by atoms with Gasteiger partial charge in [-0.1, -0.05) is 12.1 Å². The maximum Gasteiger partial charge on any atom is 0.328 e. The number of fused-ring (bicyclic) bond motifs is 2. The number of carbonyl (C=O) groups is 3. The Morgan fingerprint density at radius 2 is 0.889 bits per heavy atom. The number of carbonyl (C=O) groups excluding carboxylic acids is 3. The molecule has 8 N–H and O–H groups in total. The molecular weight excluding hydrogens is 741 g/mol. The molecule has 0 fully saturated rings. The van der Waals surface area contributed by atoms with Crippen molar-refractivity contribution in [3.8, 4) is 11.5 Å². The lowest BCUT2D eigenvalue weighted by atomic mass is 10.1. The van der Waals surface area contributed by atoms with Crippen LogP contribution in [0.4, 0.5) is 27.5 Å². The Hall–Kier alpha value is -6.53. The van der Waals surface area contributed by atoms with Gasteiger partial charge < -0.3 is 20.8 Å². The number of imide groups is 2. The summed E-state index contributed by atoms with van der Waals surface area (Å²) in [5, 5.41) is 32.4. The maximum absolute atomic E-state index is 13.0. The van der Waals surface area contributed by atoms with Crippen molar-refractivity contribution in [3.05, 3.63) is 119 Å². The quantitative estimate of drug-likeness (QED) is 0.0628. The molecule has 0 saturated heterocycles. The second-order valence-corrected chi connectivity index (χ2v) is 15.0. The third-order valence-electron chi connectivity index (χ3n) is 8.48. The molecule has 0 heterocycles. The van der Waals surface area contributed by atoms with E-state index in [-0.39, 0.29) is 43.2 Å². The van der Waals surface area contributed by atoms with Gasteiger partial charge in [-0.05, 0) is 110 Å². The number of rotatable bonds is 8. The van der Waals surface area contributed by atoms with Crippen molar-refractivity contribution < 1.29 is 50.5 Å². The van der Waals surface area contributed by atoms with E-state index < -0.39 is 38.1 Å². The number of benzene rings is 6. The predicted octanol–water partition coefficient (Wildman–Crippen LogP) is 6.28. The Morgan fingerprint density at radius 3 is 1.24 bits per heavy atom. The van der Waals surface area contributed by atoms with E-state index in [1.807, 2.05) is 0 Å². The van der Waals surface area contributed by atoms with Gasteiger partial charge in [-0.3, -0.25) is 29.3 Å². The molecule has 4 amide bonds. The number of anilines is 4. The number of hydrogen-bond acceptors (Lipinski definition) is 11. The number of nitrogens with one attached hydrogen (secondary N) is 4. The minimum atomic E-state index is -4.50. The predicted molar refractivity (Wildman–Crippen MR) is 200 cm³/mol. The van der Waals surface area contributed by atoms with Crippen molar-refractivity contribution >= 4 is 82.4 Å². The van der Waals surface area contributed by atoms with Crippen LogP contribution in [0.2, 0.25) is 0 Å². The maximum atomic E-state index is 13.0. The van der Waals surface area contributed by atoms with E-state index in [2.05, 4.69) is 21.3 Å². The van der Waals surface area contributed by atoms with Crippen LogP contribution in [-0.4, -0.2) is 54.0 Å². The van der Waals surface area contributed by atoms with E-state index in [9.17, 15) is 50.5 Å². The summed E-state index contributed by atoms with van der Waals surface area (Å²) in [5.74, 6) is -1.96. The van der Waals surface area contributed by atoms with Crippen molar-refractivity contribution in [2.75, 3.05) is 10.6 Å². The third-order valence-corrected chi connectivity index (χ3v) is 10.2. The van der Waals surface area contributed by atoms with Gasteiger partial charge in [0.15, 0.2) is 0 Å². The van der Waals surface area contributed by atoms with Gasteiger partial charge in [0.1, 0.15) is 11.5 Å². The highest BCUT2D eigenvalue weighted by atomic mass is 32.2. The molecule has 0 aliphatic rings. The first-order valence-corrected chi connectivity index (χ1v) is 18.7. The average molecular weight is 771 g/mol.